The van der Waals surface area contributed by atoms with Crippen molar-refractivity contribution in [3.8, 4) is 11.5 Å². The number of rotatable bonds is 9. The second-order valence-electron chi connectivity index (χ2n) is 8.79. The van der Waals surface area contributed by atoms with E-state index >= 15 is 0 Å². The van der Waals surface area contributed by atoms with Crippen LogP contribution in [0.15, 0.2) is 36.4 Å². The smallest absolute Gasteiger partial charge is 0.429 e. The Morgan fingerprint density at radius 2 is 1.32 bits per heavy atom. The third-order valence-corrected chi connectivity index (χ3v) is 6.23. The van der Waals surface area contributed by atoms with Gasteiger partial charge in [0.15, 0.2) is 11.6 Å². The molecule has 2 aromatic rings. The minimum atomic E-state index is -5.34. The molecule has 0 heterocycles. The summed E-state index contributed by atoms with van der Waals surface area (Å²) in [7, 11) is 0. The summed E-state index contributed by atoms with van der Waals surface area (Å²) < 4.78 is 101. The summed E-state index contributed by atoms with van der Waals surface area (Å²) in [4.78, 5) is 0. The molecule has 9 heteroatoms. The maximum atomic E-state index is 14.5. The first-order valence-corrected chi connectivity index (χ1v) is 11.4. The van der Waals surface area contributed by atoms with E-state index in [0.29, 0.717) is 5.92 Å². The van der Waals surface area contributed by atoms with Gasteiger partial charge >= 0.3 is 12.5 Å². The molecule has 0 aliphatic heterocycles. The van der Waals surface area contributed by atoms with E-state index in [2.05, 4.69) is 16.4 Å². The molecular weight excluding hydrogens is 465 g/mol. The number of hydrogen-bond donors (Lipinski definition) is 0. The Hall–Kier alpha value is -2.45. The molecule has 1 aliphatic carbocycles. The van der Waals surface area contributed by atoms with Gasteiger partial charge in [-0.15, -0.1) is 13.2 Å². The van der Waals surface area contributed by atoms with Crippen molar-refractivity contribution in [1.82, 2.24) is 0 Å². The Bertz CT molecular complexity index is 910. The fourth-order valence-electron chi connectivity index (χ4n) is 4.47. The number of benzene rings is 2. The first-order valence-electron chi connectivity index (χ1n) is 11.4. The van der Waals surface area contributed by atoms with Gasteiger partial charge in [0.05, 0.1) is 5.56 Å². The van der Waals surface area contributed by atoms with Gasteiger partial charge in [-0.25, -0.2) is 8.78 Å². The minimum absolute atomic E-state index is 0.210. The van der Waals surface area contributed by atoms with E-state index in [-0.39, 0.29) is 12.1 Å². The summed E-state index contributed by atoms with van der Waals surface area (Å²) in [5, 5.41) is 0. The molecule has 2 nitrogen and oxygen atoms in total. The molecule has 0 bridgehead atoms. The van der Waals surface area contributed by atoms with Crippen LogP contribution in [0.5, 0.6) is 11.5 Å². The topological polar surface area (TPSA) is 18.5 Å². The van der Waals surface area contributed by atoms with Crippen LogP contribution in [0.4, 0.5) is 30.7 Å². The molecule has 0 unspecified atom stereocenters. The lowest BCUT2D eigenvalue weighted by Gasteiger charge is -2.28. The predicted molar refractivity (Wildman–Crippen MR) is 113 cm³/mol. The molecule has 0 radical (unpaired) electrons. The average molecular weight is 492 g/mol. The number of aryl methyl sites for hydroxylation is 1. The van der Waals surface area contributed by atoms with Gasteiger partial charge in [-0.05, 0) is 42.4 Å². The Balaban J connectivity index is 1.58. The van der Waals surface area contributed by atoms with Crippen molar-refractivity contribution in [1.29, 1.82) is 0 Å². The second-order valence-corrected chi connectivity index (χ2v) is 8.79. The Labute approximate surface area is 194 Å². The number of ether oxygens (including phenoxy) is 2. The highest BCUT2D eigenvalue weighted by Gasteiger charge is 2.37. The summed E-state index contributed by atoms with van der Waals surface area (Å²) in [5.41, 5.74) is 0.341. The summed E-state index contributed by atoms with van der Waals surface area (Å²) in [6.45, 7) is 2.20. The van der Waals surface area contributed by atoms with Crippen LogP contribution in [-0.2, 0) is 12.5 Å². The van der Waals surface area contributed by atoms with Crippen molar-refractivity contribution in [2.45, 2.75) is 70.8 Å². The number of halogens is 7. The average Bonchev–Trinajstić information content (AvgIpc) is 2.75. The molecule has 3 rings (SSSR count). The van der Waals surface area contributed by atoms with E-state index in [1.54, 1.807) is 12.1 Å². The highest BCUT2D eigenvalue weighted by molar-refractivity contribution is 5.36. The molecule has 0 aromatic heterocycles. The second kappa shape index (κ2) is 10.9. The minimum Gasteiger partial charge on any atom is -0.429 e. The zero-order valence-electron chi connectivity index (χ0n) is 18.7. The molecule has 0 atom stereocenters. The standard InChI is InChI=1S/C25H27F7O2/c1-2-3-16-4-6-17(7-5-16)8-9-18-10-12-19(13-11-18)24(28,29)33-20-14-21(26)23(22(27)15-20)34-25(30,31)32/h10-17H,2-9H2,1H3. The zero-order valence-corrected chi connectivity index (χ0v) is 18.7. The highest BCUT2D eigenvalue weighted by Crippen LogP contribution is 2.37. The van der Waals surface area contributed by atoms with Crippen LogP contribution in [0.2, 0.25) is 0 Å². The maximum absolute atomic E-state index is 14.5. The predicted octanol–water partition coefficient (Wildman–Crippen LogP) is 8.53. The molecule has 2 aromatic carbocycles. The SMILES string of the molecule is CCCC1CCC(CCc2ccc(C(F)(F)Oc3cc(F)c(OC(F)(F)F)c(F)c3)cc2)CC1. The summed E-state index contributed by atoms with van der Waals surface area (Å²) >= 11 is 0. The Morgan fingerprint density at radius 1 is 0.794 bits per heavy atom. The Kier molecular flexibility index (Phi) is 8.36. The van der Waals surface area contributed by atoms with Gasteiger partial charge < -0.3 is 9.47 Å². The molecule has 0 N–H and O–H groups in total. The molecular formula is C25H27F7O2. The van der Waals surface area contributed by atoms with Gasteiger partial charge in [0.1, 0.15) is 5.75 Å². The van der Waals surface area contributed by atoms with Crippen molar-refractivity contribution in [2.24, 2.45) is 11.8 Å². The quantitative estimate of drug-likeness (QED) is 0.327. The van der Waals surface area contributed by atoms with Crippen LogP contribution < -0.4 is 9.47 Å². The molecule has 188 valence electrons. The lowest BCUT2D eigenvalue weighted by molar-refractivity contribution is -0.276. The number of alkyl halides is 5. The van der Waals surface area contributed by atoms with Gasteiger partial charge in [-0.3, -0.25) is 0 Å². The van der Waals surface area contributed by atoms with E-state index in [0.717, 1.165) is 24.3 Å². The zero-order chi connectivity index (χ0) is 24.9. The monoisotopic (exact) mass is 492 g/mol. The molecule has 1 aliphatic rings. The van der Waals surface area contributed by atoms with Crippen LogP contribution in [0.25, 0.3) is 0 Å². The van der Waals surface area contributed by atoms with Crippen LogP contribution in [0.1, 0.15) is 63.0 Å². The molecule has 0 saturated heterocycles. The van der Waals surface area contributed by atoms with Gasteiger partial charge in [-0.1, -0.05) is 57.6 Å². The highest BCUT2D eigenvalue weighted by atomic mass is 19.4. The lowest BCUT2D eigenvalue weighted by Crippen LogP contribution is -2.22. The van der Waals surface area contributed by atoms with Gasteiger partial charge in [0, 0.05) is 12.1 Å². The van der Waals surface area contributed by atoms with Crippen molar-refractivity contribution >= 4 is 0 Å². The normalized spacial score (nSPS) is 19.2. The van der Waals surface area contributed by atoms with Crippen LogP contribution in [-0.4, -0.2) is 6.36 Å². The fraction of sp³-hybridized carbons (Fsp3) is 0.520. The molecule has 1 fully saturated rings. The molecule has 1 saturated carbocycles. The molecule has 0 spiro atoms. The van der Waals surface area contributed by atoms with Crippen LogP contribution in [0.3, 0.4) is 0 Å². The van der Waals surface area contributed by atoms with Crippen molar-refractivity contribution in [3.63, 3.8) is 0 Å². The van der Waals surface area contributed by atoms with Crippen molar-refractivity contribution < 1.29 is 40.2 Å². The van der Waals surface area contributed by atoms with E-state index in [4.69, 9.17) is 0 Å². The summed E-state index contributed by atoms with van der Waals surface area (Å²) in [6, 6.07) is 5.86. The van der Waals surface area contributed by atoms with Gasteiger partial charge in [0.2, 0.25) is 5.75 Å². The summed E-state index contributed by atoms with van der Waals surface area (Å²) in [6.07, 6.45) is -0.221. The first kappa shape index (κ1) is 26.2. The molecule has 0 amide bonds. The van der Waals surface area contributed by atoms with Crippen LogP contribution in [0, 0.1) is 23.5 Å². The Morgan fingerprint density at radius 3 is 1.82 bits per heavy atom. The summed E-state index contributed by atoms with van der Waals surface area (Å²) in [5.74, 6) is -4.90. The van der Waals surface area contributed by atoms with Gasteiger partial charge in [-0.2, -0.15) is 8.78 Å². The van der Waals surface area contributed by atoms with Gasteiger partial charge in [0.25, 0.3) is 0 Å². The maximum Gasteiger partial charge on any atom is 0.573 e. The van der Waals surface area contributed by atoms with Crippen molar-refractivity contribution in [2.75, 3.05) is 0 Å². The third-order valence-electron chi connectivity index (χ3n) is 6.23. The van der Waals surface area contributed by atoms with Crippen molar-refractivity contribution in [3.05, 3.63) is 59.2 Å². The van der Waals surface area contributed by atoms with E-state index in [9.17, 15) is 30.7 Å². The number of hydrogen-bond acceptors (Lipinski definition) is 2. The van der Waals surface area contributed by atoms with E-state index in [1.165, 1.54) is 50.7 Å². The lowest BCUT2D eigenvalue weighted by atomic mass is 9.78. The largest absolute Gasteiger partial charge is 0.573 e. The van der Waals surface area contributed by atoms with E-state index < -0.39 is 41.2 Å². The first-order chi connectivity index (χ1) is 16.0. The molecule has 34 heavy (non-hydrogen) atoms. The third kappa shape index (κ3) is 7.27. The van der Waals surface area contributed by atoms with Crippen LogP contribution >= 0.6 is 0 Å². The fourth-order valence-corrected chi connectivity index (χ4v) is 4.47. The van der Waals surface area contributed by atoms with E-state index in [1.807, 2.05) is 0 Å².